The first kappa shape index (κ1) is 11.5. The molecule has 2 aromatic rings. The number of aryl methyl sites for hydroxylation is 1. The van der Waals surface area contributed by atoms with E-state index in [2.05, 4.69) is 19.8 Å². The van der Waals surface area contributed by atoms with E-state index in [0.29, 0.717) is 5.56 Å². The SMILES string of the molecule is COC(=O)c1ncc(-c2ccnn2C)c(Cl)n1. The van der Waals surface area contributed by atoms with E-state index in [1.165, 1.54) is 13.3 Å². The highest BCUT2D eigenvalue weighted by atomic mass is 35.5. The molecule has 0 amide bonds. The van der Waals surface area contributed by atoms with E-state index in [9.17, 15) is 4.79 Å². The summed E-state index contributed by atoms with van der Waals surface area (Å²) < 4.78 is 6.15. The molecule has 0 aromatic carbocycles. The van der Waals surface area contributed by atoms with Gasteiger partial charge in [-0.1, -0.05) is 11.6 Å². The summed E-state index contributed by atoms with van der Waals surface area (Å²) in [5.74, 6) is -0.688. The van der Waals surface area contributed by atoms with Crippen molar-refractivity contribution in [2.75, 3.05) is 7.11 Å². The van der Waals surface area contributed by atoms with Gasteiger partial charge in [0.25, 0.3) is 0 Å². The van der Waals surface area contributed by atoms with Crippen LogP contribution in [0.4, 0.5) is 0 Å². The molecule has 17 heavy (non-hydrogen) atoms. The molecule has 0 radical (unpaired) electrons. The molecule has 2 heterocycles. The summed E-state index contributed by atoms with van der Waals surface area (Å²) >= 11 is 5.99. The van der Waals surface area contributed by atoms with Gasteiger partial charge in [0.15, 0.2) is 0 Å². The van der Waals surface area contributed by atoms with Crippen molar-refractivity contribution in [2.45, 2.75) is 0 Å². The predicted molar refractivity (Wildman–Crippen MR) is 60.6 cm³/mol. The van der Waals surface area contributed by atoms with Crippen LogP contribution in [0.5, 0.6) is 0 Å². The lowest BCUT2D eigenvalue weighted by Crippen LogP contribution is -2.08. The van der Waals surface area contributed by atoms with E-state index in [1.807, 2.05) is 0 Å². The minimum Gasteiger partial charge on any atom is -0.463 e. The van der Waals surface area contributed by atoms with E-state index in [-0.39, 0.29) is 11.0 Å². The standard InChI is InChI=1S/C10H9ClN4O2/c1-15-7(3-4-13-15)6-5-12-9(10(16)17-2)14-8(6)11/h3-5H,1-2H3. The Balaban J connectivity index is 2.46. The fourth-order valence-corrected chi connectivity index (χ4v) is 1.59. The molecule has 0 bridgehead atoms. The first-order valence-corrected chi connectivity index (χ1v) is 5.10. The lowest BCUT2D eigenvalue weighted by atomic mass is 10.2. The van der Waals surface area contributed by atoms with E-state index in [0.717, 1.165) is 5.69 Å². The molecule has 7 heteroatoms. The number of nitrogens with zero attached hydrogens (tertiary/aromatic N) is 4. The number of carbonyl (C=O) groups is 1. The van der Waals surface area contributed by atoms with E-state index in [1.54, 1.807) is 24.0 Å². The van der Waals surface area contributed by atoms with Crippen molar-refractivity contribution in [3.05, 3.63) is 29.4 Å². The number of hydrogen-bond acceptors (Lipinski definition) is 5. The van der Waals surface area contributed by atoms with Crippen molar-refractivity contribution in [3.8, 4) is 11.3 Å². The third-order valence-corrected chi connectivity index (χ3v) is 2.50. The Morgan fingerprint density at radius 3 is 2.82 bits per heavy atom. The Bertz CT molecular complexity index is 567. The van der Waals surface area contributed by atoms with Gasteiger partial charge in [-0.05, 0) is 6.07 Å². The zero-order valence-electron chi connectivity index (χ0n) is 9.22. The average molecular weight is 253 g/mol. The Morgan fingerprint density at radius 2 is 2.29 bits per heavy atom. The van der Waals surface area contributed by atoms with Crippen molar-refractivity contribution >= 4 is 17.6 Å². The number of methoxy groups -OCH3 is 1. The van der Waals surface area contributed by atoms with Crippen molar-refractivity contribution < 1.29 is 9.53 Å². The molecule has 0 aliphatic rings. The van der Waals surface area contributed by atoms with Gasteiger partial charge in [0, 0.05) is 19.4 Å². The molecule has 0 saturated carbocycles. The largest absolute Gasteiger partial charge is 0.463 e. The summed E-state index contributed by atoms with van der Waals surface area (Å²) in [4.78, 5) is 19.0. The number of rotatable bonds is 2. The molecule has 0 aliphatic heterocycles. The van der Waals surface area contributed by atoms with E-state index >= 15 is 0 Å². The van der Waals surface area contributed by atoms with Crippen LogP contribution in [0.3, 0.4) is 0 Å². The van der Waals surface area contributed by atoms with Gasteiger partial charge in [0.05, 0.1) is 18.4 Å². The first-order chi connectivity index (χ1) is 8.13. The maximum Gasteiger partial charge on any atom is 0.376 e. The van der Waals surface area contributed by atoms with Gasteiger partial charge in [0.2, 0.25) is 5.82 Å². The average Bonchev–Trinajstić information content (AvgIpc) is 2.74. The molecule has 6 nitrogen and oxygen atoms in total. The monoisotopic (exact) mass is 252 g/mol. The van der Waals surface area contributed by atoms with E-state index in [4.69, 9.17) is 11.6 Å². The molecule has 0 aliphatic carbocycles. The highest BCUT2D eigenvalue weighted by molar-refractivity contribution is 6.32. The Hall–Kier alpha value is -1.95. The molecule has 0 unspecified atom stereocenters. The van der Waals surface area contributed by atoms with Crippen molar-refractivity contribution in [2.24, 2.45) is 7.05 Å². The lowest BCUT2D eigenvalue weighted by Gasteiger charge is -2.04. The normalized spacial score (nSPS) is 10.3. The number of ether oxygens (including phenoxy) is 1. The molecule has 88 valence electrons. The van der Waals surface area contributed by atoms with Crippen LogP contribution >= 0.6 is 11.6 Å². The summed E-state index contributed by atoms with van der Waals surface area (Å²) in [7, 11) is 3.04. The highest BCUT2D eigenvalue weighted by Crippen LogP contribution is 2.24. The van der Waals surface area contributed by atoms with Crippen LogP contribution in [0, 0.1) is 0 Å². The lowest BCUT2D eigenvalue weighted by molar-refractivity contribution is 0.0586. The third kappa shape index (κ3) is 2.12. The van der Waals surface area contributed by atoms with Crippen molar-refractivity contribution in [1.29, 1.82) is 0 Å². The van der Waals surface area contributed by atoms with Crippen LogP contribution in [-0.4, -0.2) is 32.8 Å². The Kier molecular flexibility index (Phi) is 3.06. The van der Waals surface area contributed by atoms with Crippen LogP contribution < -0.4 is 0 Å². The van der Waals surface area contributed by atoms with Crippen LogP contribution in [0.15, 0.2) is 18.5 Å². The van der Waals surface area contributed by atoms with Crippen molar-refractivity contribution in [3.63, 3.8) is 0 Å². The summed E-state index contributed by atoms with van der Waals surface area (Å²) in [5.41, 5.74) is 1.38. The highest BCUT2D eigenvalue weighted by Gasteiger charge is 2.14. The van der Waals surface area contributed by atoms with Gasteiger partial charge in [-0.25, -0.2) is 14.8 Å². The van der Waals surface area contributed by atoms with Gasteiger partial charge in [-0.2, -0.15) is 5.10 Å². The van der Waals surface area contributed by atoms with Crippen LogP contribution in [0.2, 0.25) is 5.15 Å². The molecule has 0 spiro atoms. The molecule has 0 saturated heterocycles. The van der Waals surface area contributed by atoms with Crippen LogP contribution in [0.1, 0.15) is 10.6 Å². The number of aromatic nitrogens is 4. The summed E-state index contributed by atoms with van der Waals surface area (Å²) in [6, 6.07) is 1.78. The molecule has 2 rings (SSSR count). The number of esters is 1. The smallest absolute Gasteiger partial charge is 0.376 e. The Morgan fingerprint density at radius 1 is 1.53 bits per heavy atom. The molecule has 0 N–H and O–H groups in total. The summed E-state index contributed by atoms with van der Waals surface area (Å²) in [5, 5.41) is 4.20. The zero-order valence-corrected chi connectivity index (χ0v) is 9.97. The quantitative estimate of drug-likeness (QED) is 0.595. The van der Waals surface area contributed by atoms with Gasteiger partial charge < -0.3 is 4.74 Å². The second-order valence-electron chi connectivity index (χ2n) is 3.23. The van der Waals surface area contributed by atoms with Crippen molar-refractivity contribution in [1.82, 2.24) is 19.7 Å². The number of hydrogen-bond donors (Lipinski definition) is 0. The molecule has 0 fully saturated rings. The van der Waals surface area contributed by atoms with Gasteiger partial charge in [-0.15, -0.1) is 0 Å². The number of carbonyl (C=O) groups excluding carboxylic acids is 1. The van der Waals surface area contributed by atoms with Gasteiger partial charge >= 0.3 is 5.97 Å². The zero-order chi connectivity index (χ0) is 12.4. The minimum atomic E-state index is -0.622. The molecule has 0 atom stereocenters. The predicted octanol–water partition coefficient (Wildman–Crippen LogP) is 1.32. The second kappa shape index (κ2) is 4.50. The molecular formula is C10H9ClN4O2. The Labute approximate surface area is 102 Å². The van der Waals surface area contributed by atoms with Gasteiger partial charge in [0.1, 0.15) is 5.15 Å². The van der Waals surface area contributed by atoms with Crippen LogP contribution in [-0.2, 0) is 11.8 Å². The van der Waals surface area contributed by atoms with E-state index < -0.39 is 5.97 Å². The maximum atomic E-state index is 11.2. The fourth-order valence-electron chi connectivity index (χ4n) is 1.36. The number of halogens is 1. The molecule has 2 aromatic heterocycles. The minimum absolute atomic E-state index is 0.0663. The third-order valence-electron chi connectivity index (χ3n) is 2.21. The maximum absolute atomic E-state index is 11.2. The second-order valence-corrected chi connectivity index (χ2v) is 3.59. The summed E-state index contributed by atoms with van der Waals surface area (Å²) in [6.07, 6.45) is 3.11. The fraction of sp³-hybridized carbons (Fsp3) is 0.200. The van der Waals surface area contributed by atoms with Crippen LogP contribution in [0.25, 0.3) is 11.3 Å². The summed E-state index contributed by atoms with van der Waals surface area (Å²) in [6.45, 7) is 0. The topological polar surface area (TPSA) is 69.9 Å². The molecular weight excluding hydrogens is 244 g/mol. The van der Waals surface area contributed by atoms with Gasteiger partial charge in [-0.3, -0.25) is 4.68 Å². The first-order valence-electron chi connectivity index (χ1n) is 4.72.